The van der Waals surface area contributed by atoms with Gasteiger partial charge in [0, 0.05) is 50.7 Å². The van der Waals surface area contributed by atoms with Crippen LogP contribution in [0.3, 0.4) is 0 Å². The van der Waals surface area contributed by atoms with Crippen molar-refractivity contribution in [3.63, 3.8) is 0 Å². The summed E-state index contributed by atoms with van der Waals surface area (Å²) in [6.07, 6.45) is 0.527. The number of amides is 2. The number of carbonyl (C=O) groups is 2. The first-order valence-corrected chi connectivity index (χ1v) is 19.1. The van der Waals surface area contributed by atoms with Crippen LogP contribution in [-0.4, -0.2) is 42.4 Å². The van der Waals surface area contributed by atoms with Crippen molar-refractivity contribution in [3.05, 3.63) is 196 Å². The lowest BCUT2D eigenvalue weighted by molar-refractivity contribution is 0.0941. The molecule has 0 aliphatic rings. The molecule has 16 heteroatoms. The Labute approximate surface area is 356 Å². The van der Waals surface area contributed by atoms with E-state index in [1.54, 1.807) is 66.7 Å². The van der Waals surface area contributed by atoms with Crippen LogP contribution in [0.1, 0.15) is 43.0 Å². The van der Waals surface area contributed by atoms with E-state index in [2.05, 4.69) is 31.0 Å². The Morgan fingerprint density at radius 3 is 1.56 bits per heavy atom. The molecular formula is C43H32Cl4N6O6. The largest absolute Gasteiger partial charge is 0.508 e. The minimum absolute atomic E-state index is 0.0758. The van der Waals surface area contributed by atoms with E-state index >= 15 is 0 Å². The van der Waals surface area contributed by atoms with E-state index in [1.807, 2.05) is 30.3 Å². The molecule has 0 atom stereocenters. The van der Waals surface area contributed by atoms with Gasteiger partial charge in [-0.1, -0.05) is 88.9 Å². The number of nitrogens with one attached hydrogen (secondary N) is 4. The Bertz CT molecular complexity index is 2760. The number of H-pyrrole nitrogens is 2. The smallest absolute Gasteiger partial charge is 0.277 e. The number of phenols is 2. The van der Waals surface area contributed by atoms with E-state index in [0.717, 1.165) is 5.56 Å². The van der Waals surface area contributed by atoms with E-state index in [1.165, 1.54) is 24.3 Å². The van der Waals surface area contributed by atoms with E-state index in [9.17, 15) is 29.4 Å². The zero-order valence-electron chi connectivity index (χ0n) is 30.6. The predicted molar refractivity (Wildman–Crippen MR) is 228 cm³/mol. The summed E-state index contributed by atoms with van der Waals surface area (Å²) in [5.41, 5.74) is 3.83. The van der Waals surface area contributed by atoms with Crippen molar-refractivity contribution in [1.29, 1.82) is 0 Å². The van der Waals surface area contributed by atoms with Crippen molar-refractivity contribution in [1.82, 2.24) is 31.0 Å². The van der Waals surface area contributed by atoms with E-state index in [-0.39, 0.29) is 35.7 Å². The van der Waals surface area contributed by atoms with Gasteiger partial charge in [0.25, 0.3) is 22.9 Å². The van der Waals surface area contributed by atoms with Crippen LogP contribution >= 0.6 is 46.4 Å². The van der Waals surface area contributed by atoms with Crippen molar-refractivity contribution in [2.75, 3.05) is 0 Å². The standard InChI is InChI=1S/C25H19Cl2N3O3.C18H13Cl2N3O3/c26-19-8-6-17(21(27)12-19)14-28-24(32)20-13-22(29-30-25(20)33)16-7-9-23(31)18(11-16)10-15-4-2-1-3-5-15;19-12-4-1-11(15(20)7-12)9-21-17(25)14-8-16(22-23-18(14)26)10-2-5-13(24)6-3-10/h1-9,11-13,31H,10,14H2,(H,28,32)(H,30,33);1-8,24H,9H2,(H,21,25)(H,23,26). The number of hydrogen-bond donors (Lipinski definition) is 6. The average Bonchev–Trinajstić information content (AvgIpc) is 3.22. The van der Waals surface area contributed by atoms with E-state index < -0.39 is 22.9 Å². The monoisotopic (exact) mass is 868 g/mol. The van der Waals surface area contributed by atoms with Crippen LogP contribution < -0.4 is 21.8 Å². The minimum Gasteiger partial charge on any atom is -0.508 e. The summed E-state index contributed by atoms with van der Waals surface area (Å²) in [6, 6.07) is 33.7. The maximum Gasteiger partial charge on any atom is 0.277 e. The molecule has 5 aromatic carbocycles. The molecule has 12 nitrogen and oxygen atoms in total. The van der Waals surface area contributed by atoms with Crippen LogP contribution in [0.25, 0.3) is 22.5 Å². The summed E-state index contributed by atoms with van der Waals surface area (Å²) in [5.74, 6) is -0.852. The molecule has 2 heterocycles. The topological polar surface area (TPSA) is 190 Å². The first-order chi connectivity index (χ1) is 28.3. The fraction of sp³-hybridized carbons (Fsp3) is 0.0698. The van der Waals surface area contributed by atoms with Crippen LogP contribution in [0, 0.1) is 0 Å². The average molecular weight is 871 g/mol. The Balaban J connectivity index is 0.000000204. The van der Waals surface area contributed by atoms with Crippen molar-refractivity contribution in [2.45, 2.75) is 19.5 Å². The number of halogens is 4. The van der Waals surface area contributed by atoms with Gasteiger partial charge in [0.15, 0.2) is 0 Å². The minimum atomic E-state index is -0.609. The number of rotatable bonds is 10. The third kappa shape index (κ3) is 11.2. The predicted octanol–water partition coefficient (Wildman–Crippen LogP) is 8.35. The highest BCUT2D eigenvalue weighted by Gasteiger charge is 2.16. The molecule has 0 spiro atoms. The van der Waals surface area contributed by atoms with Crippen LogP contribution in [0.15, 0.2) is 131 Å². The lowest BCUT2D eigenvalue weighted by Crippen LogP contribution is -2.29. The molecule has 7 rings (SSSR count). The summed E-state index contributed by atoms with van der Waals surface area (Å²) in [5, 5.41) is 39.5. The van der Waals surface area contributed by atoms with Gasteiger partial charge in [-0.2, -0.15) is 10.2 Å². The first kappa shape index (κ1) is 42.2. The van der Waals surface area contributed by atoms with Gasteiger partial charge in [-0.05, 0) is 101 Å². The van der Waals surface area contributed by atoms with Gasteiger partial charge in [-0.15, -0.1) is 0 Å². The summed E-state index contributed by atoms with van der Waals surface area (Å²) >= 11 is 24.0. The fourth-order valence-electron chi connectivity index (χ4n) is 5.65. The van der Waals surface area contributed by atoms with Gasteiger partial charge in [0.2, 0.25) is 0 Å². The highest BCUT2D eigenvalue weighted by Crippen LogP contribution is 2.27. The Morgan fingerprint density at radius 2 is 1.05 bits per heavy atom. The number of nitrogens with zero attached hydrogens (tertiary/aromatic N) is 2. The fourth-order valence-corrected chi connectivity index (χ4v) is 6.60. The molecule has 0 bridgehead atoms. The van der Waals surface area contributed by atoms with Crippen molar-refractivity contribution in [2.24, 2.45) is 0 Å². The number of carbonyl (C=O) groups excluding carboxylic acids is 2. The summed E-state index contributed by atoms with van der Waals surface area (Å²) in [6.45, 7) is 0.275. The Morgan fingerprint density at radius 1 is 0.559 bits per heavy atom. The third-order valence-corrected chi connectivity index (χ3v) is 9.96. The molecule has 0 radical (unpaired) electrons. The highest BCUT2D eigenvalue weighted by atomic mass is 35.5. The van der Waals surface area contributed by atoms with Crippen LogP contribution in [0.4, 0.5) is 0 Å². The molecular weight excluding hydrogens is 838 g/mol. The number of aromatic nitrogens is 4. The molecule has 0 aliphatic heterocycles. The molecule has 0 unspecified atom stereocenters. The molecule has 2 amide bonds. The lowest BCUT2D eigenvalue weighted by atomic mass is 10.00. The molecule has 7 aromatic rings. The Hall–Kier alpha value is -6.44. The zero-order valence-corrected chi connectivity index (χ0v) is 33.6. The molecule has 59 heavy (non-hydrogen) atoms. The van der Waals surface area contributed by atoms with Gasteiger partial charge in [-0.25, -0.2) is 10.2 Å². The molecule has 0 fully saturated rings. The van der Waals surface area contributed by atoms with Crippen LogP contribution in [0.2, 0.25) is 20.1 Å². The van der Waals surface area contributed by atoms with Crippen molar-refractivity contribution < 1.29 is 19.8 Å². The number of aromatic amines is 2. The zero-order chi connectivity index (χ0) is 42.1. The maximum absolute atomic E-state index is 12.7. The van der Waals surface area contributed by atoms with Gasteiger partial charge in [-0.3, -0.25) is 19.2 Å². The van der Waals surface area contributed by atoms with Gasteiger partial charge in [0.05, 0.1) is 11.4 Å². The summed E-state index contributed by atoms with van der Waals surface area (Å²) < 4.78 is 0. The molecule has 6 N–H and O–H groups in total. The van der Waals surface area contributed by atoms with Crippen LogP contribution in [0.5, 0.6) is 11.5 Å². The molecule has 0 saturated carbocycles. The molecule has 298 valence electrons. The second-order valence-corrected chi connectivity index (χ2v) is 14.6. The summed E-state index contributed by atoms with van der Waals surface area (Å²) in [4.78, 5) is 49.3. The molecule has 0 aliphatic carbocycles. The maximum atomic E-state index is 12.7. The number of phenolic OH excluding ortho intramolecular Hbond substituents is 2. The molecule has 2 aromatic heterocycles. The Kier molecular flexibility index (Phi) is 13.8. The summed E-state index contributed by atoms with van der Waals surface area (Å²) in [7, 11) is 0. The molecule has 0 saturated heterocycles. The van der Waals surface area contributed by atoms with Crippen molar-refractivity contribution >= 4 is 58.2 Å². The van der Waals surface area contributed by atoms with Gasteiger partial charge < -0.3 is 20.8 Å². The lowest BCUT2D eigenvalue weighted by Gasteiger charge is -2.10. The quantitative estimate of drug-likeness (QED) is 0.0791. The normalized spacial score (nSPS) is 10.6. The SMILES string of the molecule is O=C(NCc1ccc(Cl)cc1Cl)c1cc(-c2ccc(O)c(Cc3ccccc3)c2)n[nH]c1=O.O=C(NCc1ccc(Cl)cc1Cl)c1cc(-c2ccc(O)cc2)n[nH]c1=O. The van der Waals surface area contributed by atoms with E-state index in [4.69, 9.17) is 46.4 Å². The first-order valence-electron chi connectivity index (χ1n) is 17.6. The highest BCUT2D eigenvalue weighted by molar-refractivity contribution is 6.35. The van der Waals surface area contributed by atoms with Gasteiger partial charge in [0.1, 0.15) is 22.6 Å². The number of benzene rings is 5. The number of aromatic hydroxyl groups is 2. The van der Waals surface area contributed by atoms with Crippen molar-refractivity contribution in [3.8, 4) is 34.0 Å². The second-order valence-electron chi connectivity index (χ2n) is 12.9. The third-order valence-electron chi connectivity index (χ3n) is 8.78. The second kappa shape index (κ2) is 19.3. The van der Waals surface area contributed by atoms with Gasteiger partial charge >= 0.3 is 0 Å². The van der Waals surface area contributed by atoms with E-state index in [0.29, 0.717) is 65.7 Å². The van der Waals surface area contributed by atoms with Crippen LogP contribution in [-0.2, 0) is 19.5 Å². The number of hydrogen-bond acceptors (Lipinski definition) is 8.